The Bertz CT molecular complexity index is 2100. The predicted molar refractivity (Wildman–Crippen MR) is 200 cm³/mol. The normalized spacial score (nSPS) is 11.5. The maximum Gasteiger partial charge on any atom is 0.421 e. The fourth-order valence-corrected chi connectivity index (χ4v) is 6.36. The first-order chi connectivity index (χ1) is 23.2. The van der Waals surface area contributed by atoms with E-state index in [1.54, 1.807) is 4.57 Å². The summed E-state index contributed by atoms with van der Waals surface area (Å²) in [5.41, 5.74) is 4.95. The summed E-state index contributed by atoms with van der Waals surface area (Å²) in [5.74, 6) is 1.44. The van der Waals surface area contributed by atoms with Crippen LogP contribution in [0.3, 0.4) is 0 Å². The molecule has 0 N–H and O–H groups in total. The highest BCUT2D eigenvalue weighted by atomic mass is 16.6. The minimum Gasteiger partial charge on any atom is -0.443 e. The van der Waals surface area contributed by atoms with Crippen LogP contribution < -0.4 is 9.80 Å². The van der Waals surface area contributed by atoms with Gasteiger partial charge in [-0.25, -0.2) is 9.36 Å². The van der Waals surface area contributed by atoms with Gasteiger partial charge < -0.3 is 4.74 Å². The maximum atomic E-state index is 14.7. The van der Waals surface area contributed by atoms with E-state index < -0.39 is 11.7 Å². The van der Waals surface area contributed by atoms with E-state index in [0.29, 0.717) is 0 Å². The molecule has 0 unspecified atom stereocenters. The number of carbonyl (C=O) groups excluding carboxylic acids is 1. The van der Waals surface area contributed by atoms with Gasteiger partial charge in [-0.05, 0) is 116 Å². The van der Waals surface area contributed by atoms with Crippen LogP contribution in [0.4, 0.5) is 39.2 Å². The number of fused-ring (bicyclic) bond motifs is 2. The zero-order valence-electron chi connectivity index (χ0n) is 28.0. The lowest BCUT2D eigenvalue weighted by atomic mass is 10.1. The lowest BCUT2D eigenvalue weighted by Crippen LogP contribution is -2.31. The topological polar surface area (TPSA) is 37.7 Å². The number of hydrogen-bond acceptors (Lipinski definition) is 4. The summed E-state index contributed by atoms with van der Waals surface area (Å²) in [7, 11) is 0. The Hall–Kier alpha value is -5.81. The van der Waals surface area contributed by atoms with Crippen molar-refractivity contribution in [1.82, 2.24) is 4.57 Å². The van der Waals surface area contributed by atoms with Gasteiger partial charge >= 0.3 is 6.09 Å². The molecular formula is C43H39N3O2. The van der Waals surface area contributed by atoms with Gasteiger partial charge in [0.25, 0.3) is 0 Å². The Morgan fingerprint density at radius 2 is 0.875 bits per heavy atom. The average Bonchev–Trinajstić information content (AvgIpc) is 3.34. The van der Waals surface area contributed by atoms with Gasteiger partial charge in [-0.3, -0.25) is 9.80 Å². The first-order valence-electron chi connectivity index (χ1n) is 16.3. The van der Waals surface area contributed by atoms with Gasteiger partial charge in [-0.1, -0.05) is 97.1 Å². The Morgan fingerprint density at radius 3 is 1.27 bits per heavy atom. The highest BCUT2D eigenvalue weighted by Gasteiger charge is 2.34. The third kappa shape index (κ3) is 5.80. The van der Waals surface area contributed by atoms with Crippen molar-refractivity contribution in [2.45, 2.75) is 40.2 Å². The second-order valence-corrected chi connectivity index (χ2v) is 13.1. The summed E-state index contributed by atoms with van der Waals surface area (Å²) in [4.78, 5) is 19.1. The Morgan fingerprint density at radius 1 is 0.500 bits per heavy atom. The van der Waals surface area contributed by atoms with Gasteiger partial charge in [0, 0.05) is 22.7 Å². The molecule has 5 heteroatoms. The monoisotopic (exact) mass is 629 g/mol. The van der Waals surface area contributed by atoms with Crippen LogP contribution in [0.1, 0.15) is 31.9 Å². The number of rotatable bonds is 6. The summed E-state index contributed by atoms with van der Waals surface area (Å²) in [6, 6.07) is 50.0. The minimum absolute atomic E-state index is 0.452. The summed E-state index contributed by atoms with van der Waals surface area (Å²) in [5, 5.41) is 4.53. The number of ether oxygens (including phenoxy) is 1. The lowest BCUT2D eigenvalue weighted by molar-refractivity contribution is 0.0543. The molecule has 0 saturated heterocycles. The van der Waals surface area contributed by atoms with Crippen LogP contribution in [0.2, 0.25) is 0 Å². The Balaban J connectivity index is 1.56. The van der Waals surface area contributed by atoms with Crippen LogP contribution in [-0.2, 0) is 4.74 Å². The fourth-order valence-electron chi connectivity index (χ4n) is 6.36. The second-order valence-electron chi connectivity index (χ2n) is 13.1. The van der Waals surface area contributed by atoms with Crippen LogP contribution in [0.15, 0.2) is 146 Å². The Labute approximate surface area is 282 Å². The van der Waals surface area contributed by atoms with Gasteiger partial charge in [-0.2, -0.15) is 0 Å². The predicted octanol–water partition coefficient (Wildman–Crippen LogP) is 12.1. The molecule has 0 radical (unpaired) electrons. The van der Waals surface area contributed by atoms with Crippen LogP contribution in [-0.4, -0.2) is 16.3 Å². The molecule has 0 saturated carbocycles. The molecule has 6 aromatic carbocycles. The molecule has 5 nitrogen and oxygen atoms in total. The molecule has 0 amide bonds. The van der Waals surface area contributed by atoms with Crippen molar-refractivity contribution in [3.8, 4) is 0 Å². The highest BCUT2D eigenvalue weighted by molar-refractivity contribution is 5.96. The van der Waals surface area contributed by atoms with Crippen LogP contribution in [0.25, 0.3) is 21.5 Å². The molecule has 7 rings (SSSR count). The molecule has 0 aliphatic heterocycles. The molecule has 0 fully saturated rings. The van der Waals surface area contributed by atoms with Crippen LogP contribution in [0.5, 0.6) is 0 Å². The molecule has 238 valence electrons. The van der Waals surface area contributed by atoms with Crippen molar-refractivity contribution < 1.29 is 9.53 Å². The van der Waals surface area contributed by atoms with E-state index in [9.17, 15) is 4.79 Å². The number of aromatic nitrogens is 1. The standard InChI is InChI=1S/C43H39N3O2/c1-30-31(2)41(45(37-22-10-7-11-23-37)39-27-25-33-17-13-15-19-35(33)29-39)46(42(47)48-43(3,4)5)40(30)44(36-20-8-6-9-21-36)38-26-24-32-16-12-14-18-34(32)28-38/h6-29H,1-5H3. The summed E-state index contributed by atoms with van der Waals surface area (Å²) in [6.45, 7) is 9.91. The molecule has 0 aliphatic rings. The van der Waals surface area contributed by atoms with E-state index in [4.69, 9.17) is 4.74 Å². The van der Waals surface area contributed by atoms with Gasteiger partial charge in [0.05, 0.1) is 0 Å². The minimum atomic E-state index is -0.723. The number of hydrogen-bond donors (Lipinski definition) is 0. The van der Waals surface area contributed by atoms with E-state index in [2.05, 4.69) is 133 Å². The molecule has 48 heavy (non-hydrogen) atoms. The van der Waals surface area contributed by atoms with Crippen molar-refractivity contribution in [1.29, 1.82) is 0 Å². The number of para-hydroxylation sites is 2. The summed E-state index contributed by atoms with van der Waals surface area (Å²) < 4.78 is 7.99. The molecule has 0 atom stereocenters. The number of anilines is 6. The van der Waals surface area contributed by atoms with E-state index in [1.165, 1.54) is 0 Å². The maximum absolute atomic E-state index is 14.7. The molecule has 0 bridgehead atoms. The van der Waals surface area contributed by atoms with Gasteiger partial charge in [0.1, 0.15) is 17.2 Å². The molecular weight excluding hydrogens is 590 g/mol. The molecule has 7 aromatic rings. The zero-order chi connectivity index (χ0) is 33.4. The van der Waals surface area contributed by atoms with Gasteiger partial charge in [-0.15, -0.1) is 0 Å². The molecule has 1 heterocycles. The van der Waals surface area contributed by atoms with Crippen molar-refractivity contribution in [3.05, 3.63) is 157 Å². The Kier molecular flexibility index (Phi) is 7.98. The van der Waals surface area contributed by atoms with Gasteiger partial charge in [0.2, 0.25) is 0 Å². The molecule has 0 aliphatic carbocycles. The van der Waals surface area contributed by atoms with E-state index in [0.717, 1.165) is 67.1 Å². The third-order valence-corrected chi connectivity index (χ3v) is 8.67. The second kappa shape index (κ2) is 12.4. The van der Waals surface area contributed by atoms with Gasteiger partial charge in [0.15, 0.2) is 0 Å². The van der Waals surface area contributed by atoms with Crippen LogP contribution >= 0.6 is 0 Å². The zero-order valence-corrected chi connectivity index (χ0v) is 28.0. The average molecular weight is 630 g/mol. The largest absolute Gasteiger partial charge is 0.443 e. The van der Waals surface area contributed by atoms with E-state index >= 15 is 0 Å². The molecule has 1 aromatic heterocycles. The highest BCUT2D eigenvalue weighted by Crippen LogP contribution is 2.47. The number of benzene rings is 6. The first kappa shape index (κ1) is 30.8. The van der Waals surface area contributed by atoms with Crippen molar-refractivity contribution in [2.24, 2.45) is 0 Å². The number of nitrogens with zero attached hydrogens (tertiary/aromatic N) is 3. The van der Waals surface area contributed by atoms with Crippen molar-refractivity contribution >= 4 is 62.0 Å². The first-order valence-corrected chi connectivity index (χ1v) is 16.3. The fraction of sp³-hybridized carbons (Fsp3) is 0.140. The quantitative estimate of drug-likeness (QED) is 0.183. The van der Waals surface area contributed by atoms with Crippen molar-refractivity contribution in [3.63, 3.8) is 0 Å². The summed E-state index contributed by atoms with van der Waals surface area (Å²) in [6.07, 6.45) is -0.452. The number of carbonyl (C=O) groups is 1. The van der Waals surface area contributed by atoms with E-state index in [-0.39, 0.29) is 0 Å². The smallest absolute Gasteiger partial charge is 0.421 e. The van der Waals surface area contributed by atoms with E-state index in [1.807, 2.05) is 57.2 Å². The lowest BCUT2D eigenvalue weighted by Gasteiger charge is -2.31. The summed E-state index contributed by atoms with van der Waals surface area (Å²) >= 11 is 0. The molecule has 0 spiro atoms. The van der Waals surface area contributed by atoms with Crippen LogP contribution in [0, 0.1) is 13.8 Å². The third-order valence-electron chi connectivity index (χ3n) is 8.67. The van der Waals surface area contributed by atoms with Crippen molar-refractivity contribution in [2.75, 3.05) is 9.80 Å². The SMILES string of the molecule is Cc1c(C)c(N(c2ccccc2)c2ccc3ccccc3c2)n(C(=O)OC(C)(C)C)c1N(c1ccccc1)c1ccc2ccccc2c1.